The summed E-state index contributed by atoms with van der Waals surface area (Å²) >= 11 is 0. The van der Waals surface area contributed by atoms with E-state index in [4.69, 9.17) is 5.73 Å². The number of benzene rings is 1. The standard InChI is InChI=1S/C14H23N/c1-4-13(10-7-12(3)15)14-8-5-11(2)6-9-14/h5-6,8-9,12-13H,4,7,10,15H2,1-3H3. The van der Waals surface area contributed by atoms with Crippen molar-refractivity contribution < 1.29 is 0 Å². The molecular weight excluding hydrogens is 182 g/mol. The zero-order valence-corrected chi connectivity index (χ0v) is 10.2. The Labute approximate surface area is 93.7 Å². The molecule has 1 aromatic carbocycles. The molecule has 1 aromatic rings. The Morgan fingerprint density at radius 2 is 1.73 bits per heavy atom. The van der Waals surface area contributed by atoms with Crippen LogP contribution in [0.4, 0.5) is 0 Å². The Morgan fingerprint density at radius 3 is 2.20 bits per heavy atom. The quantitative estimate of drug-likeness (QED) is 0.780. The van der Waals surface area contributed by atoms with E-state index < -0.39 is 0 Å². The van der Waals surface area contributed by atoms with Gasteiger partial charge in [0.05, 0.1) is 0 Å². The van der Waals surface area contributed by atoms with E-state index >= 15 is 0 Å². The third-order valence-electron chi connectivity index (χ3n) is 3.01. The van der Waals surface area contributed by atoms with Gasteiger partial charge in [0, 0.05) is 6.04 Å². The molecule has 0 fully saturated rings. The highest BCUT2D eigenvalue weighted by molar-refractivity contribution is 5.24. The van der Waals surface area contributed by atoms with Crippen molar-refractivity contribution in [2.75, 3.05) is 0 Å². The molecule has 0 saturated carbocycles. The molecule has 15 heavy (non-hydrogen) atoms. The van der Waals surface area contributed by atoms with E-state index in [2.05, 4.69) is 45.0 Å². The third kappa shape index (κ3) is 4.05. The first-order valence-electron chi connectivity index (χ1n) is 5.95. The van der Waals surface area contributed by atoms with Gasteiger partial charge in [0.1, 0.15) is 0 Å². The lowest BCUT2D eigenvalue weighted by atomic mass is 9.90. The molecule has 1 nitrogen and oxygen atoms in total. The molecular formula is C14H23N. The van der Waals surface area contributed by atoms with Crippen molar-refractivity contribution in [3.05, 3.63) is 35.4 Å². The van der Waals surface area contributed by atoms with Crippen molar-refractivity contribution in [2.45, 2.75) is 52.0 Å². The Bertz CT molecular complexity index is 274. The average Bonchev–Trinajstić information content (AvgIpc) is 2.21. The van der Waals surface area contributed by atoms with Crippen molar-refractivity contribution >= 4 is 0 Å². The van der Waals surface area contributed by atoms with Gasteiger partial charge in [-0.25, -0.2) is 0 Å². The number of rotatable bonds is 5. The highest BCUT2D eigenvalue weighted by Gasteiger charge is 2.09. The number of hydrogen-bond donors (Lipinski definition) is 1. The Hall–Kier alpha value is -0.820. The molecule has 2 unspecified atom stereocenters. The minimum Gasteiger partial charge on any atom is -0.328 e. The highest BCUT2D eigenvalue weighted by Crippen LogP contribution is 2.25. The number of hydrogen-bond acceptors (Lipinski definition) is 1. The maximum atomic E-state index is 5.80. The maximum absolute atomic E-state index is 5.80. The van der Waals surface area contributed by atoms with Crippen LogP contribution in [0.5, 0.6) is 0 Å². The summed E-state index contributed by atoms with van der Waals surface area (Å²) in [5, 5.41) is 0. The topological polar surface area (TPSA) is 26.0 Å². The van der Waals surface area contributed by atoms with Crippen LogP contribution in [0.25, 0.3) is 0 Å². The van der Waals surface area contributed by atoms with Crippen LogP contribution < -0.4 is 5.73 Å². The molecule has 84 valence electrons. The van der Waals surface area contributed by atoms with Crippen LogP contribution in [0.1, 0.15) is 50.2 Å². The minimum absolute atomic E-state index is 0.324. The van der Waals surface area contributed by atoms with Crippen molar-refractivity contribution in [1.82, 2.24) is 0 Å². The molecule has 0 saturated heterocycles. The molecule has 0 amide bonds. The number of aryl methyl sites for hydroxylation is 1. The zero-order valence-electron chi connectivity index (χ0n) is 10.2. The summed E-state index contributed by atoms with van der Waals surface area (Å²) in [5.74, 6) is 0.677. The van der Waals surface area contributed by atoms with Crippen LogP contribution in [-0.2, 0) is 0 Å². The van der Waals surface area contributed by atoms with Gasteiger partial charge in [-0.3, -0.25) is 0 Å². The third-order valence-corrected chi connectivity index (χ3v) is 3.01. The van der Waals surface area contributed by atoms with Crippen molar-refractivity contribution in [2.24, 2.45) is 5.73 Å². The first-order chi connectivity index (χ1) is 7.13. The fourth-order valence-corrected chi connectivity index (χ4v) is 1.91. The molecule has 0 aliphatic carbocycles. The summed E-state index contributed by atoms with van der Waals surface area (Å²) in [6.45, 7) is 6.47. The lowest BCUT2D eigenvalue weighted by Crippen LogP contribution is -2.15. The molecule has 2 atom stereocenters. The summed E-state index contributed by atoms with van der Waals surface area (Å²) in [7, 11) is 0. The van der Waals surface area contributed by atoms with Crippen molar-refractivity contribution in [1.29, 1.82) is 0 Å². The first kappa shape index (κ1) is 12.3. The first-order valence-corrected chi connectivity index (χ1v) is 5.95. The van der Waals surface area contributed by atoms with E-state index in [9.17, 15) is 0 Å². The van der Waals surface area contributed by atoms with E-state index in [1.54, 1.807) is 0 Å². The van der Waals surface area contributed by atoms with Crippen LogP contribution in [0.15, 0.2) is 24.3 Å². The predicted molar refractivity (Wildman–Crippen MR) is 67.1 cm³/mol. The molecule has 0 radical (unpaired) electrons. The average molecular weight is 205 g/mol. The molecule has 0 bridgehead atoms. The largest absolute Gasteiger partial charge is 0.328 e. The molecule has 0 heterocycles. The Balaban J connectivity index is 2.61. The highest BCUT2D eigenvalue weighted by atomic mass is 14.6. The second kappa shape index (κ2) is 5.92. The molecule has 0 aliphatic heterocycles. The zero-order chi connectivity index (χ0) is 11.3. The van der Waals surface area contributed by atoms with Gasteiger partial charge in [-0.15, -0.1) is 0 Å². The van der Waals surface area contributed by atoms with Crippen LogP contribution >= 0.6 is 0 Å². The SMILES string of the molecule is CCC(CCC(C)N)c1ccc(C)cc1. The van der Waals surface area contributed by atoms with Gasteiger partial charge in [0.2, 0.25) is 0 Å². The minimum atomic E-state index is 0.324. The molecule has 1 heteroatoms. The Morgan fingerprint density at radius 1 is 1.13 bits per heavy atom. The van der Waals surface area contributed by atoms with Crippen molar-refractivity contribution in [3.63, 3.8) is 0 Å². The van der Waals surface area contributed by atoms with E-state index in [1.165, 1.54) is 24.0 Å². The van der Waals surface area contributed by atoms with Crippen LogP contribution in [-0.4, -0.2) is 6.04 Å². The smallest absolute Gasteiger partial charge is 0.00106 e. The molecule has 0 spiro atoms. The van der Waals surface area contributed by atoms with Gasteiger partial charge in [-0.2, -0.15) is 0 Å². The van der Waals surface area contributed by atoms with Gasteiger partial charge >= 0.3 is 0 Å². The molecule has 0 aliphatic rings. The van der Waals surface area contributed by atoms with Gasteiger partial charge in [-0.05, 0) is 44.6 Å². The normalized spacial score (nSPS) is 14.9. The van der Waals surface area contributed by atoms with E-state index in [-0.39, 0.29) is 0 Å². The summed E-state index contributed by atoms with van der Waals surface area (Å²) in [4.78, 5) is 0. The van der Waals surface area contributed by atoms with Crippen LogP contribution in [0.3, 0.4) is 0 Å². The van der Waals surface area contributed by atoms with Gasteiger partial charge in [0.25, 0.3) is 0 Å². The maximum Gasteiger partial charge on any atom is 0.00106 e. The summed E-state index contributed by atoms with van der Waals surface area (Å²) in [5.41, 5.74) is 8.59. The molecule has 1 rings (SSSR count). The lowest BCUT2D eigenvalue weighted by molar-refractivity contribution is 0.532. The summed E-state index contributed by atoms with van der Waals surface area (Å²) in [6, 6.07) is 9.23. The van der Waals surface area contributed by atoms with Crippen LogP contribution in [0.2, 0.25) is 0 Å². The van der Waals surface area contributed by atoms with Gasteiger partial charge in [-0.1, -0.05) is 36.8 Å². The molecule has 0 aromatic heterocycles. The lowest BCUT2D eigenvalue weighted by Gasteiger charge is -2.16. The van der Waals surface area contributed by atoms with Crippen molar-refractivity contribution in [3.8, 4) is 0 Å². The second-order valence-electron chi connectivity index (χ2n) is 4.57. The van der Waals surface area contributed by atoms with E-state index in [0.29, 0.717) is 12.0 Å². The van der Waals surface area contributed by atoms with Crippen LogP contribution in [0, 0.1) is 6.92 Å². The summed E-state index contributed by atoms with van der Waals surface area (Å²) in [6.07, 6.45) is 3.53. The van der Waals surface area contributed by atoms with Gasteiger partial charge in [0.15, 0.2) is 0 Å². The predicted octanol–water partition coefficient (Wildman–Crippen LogP) is 3.62. The fourth-order valence-electron chi connectivity index (χ4n) is 1.91. The fraction of sp³-hybridized carbons (Fsp3) is 0.571. The van der Waals surface area contributed by atoms with E-state index in [1.807, 2.05) is 0 Å². The molecule has 2 N–H and O–H groups in total. The second-order valence-corrected chi connectivity index (χ2v) is 4.57. The Kier molecular flexibility index (Phi) is 4.83. The monoisotopic (exact) mass is 205 g/mol. The summed E-state index contributed by atoms with van der Waals surface area (Å²) < 4.78 is 0. The van der Waals surface area contributed by atoms with E-state index in [0.717, 1.165) is 6.42 Å². The van der Waals surface area contributed by atoms with Gasteiger partial charge < -0.3 is 5.73 Å². The number of nitrogens with two attached hydrogens (primary N) is 1.